The molecule has 0 aromatic heterocycles. The number of carbonyl (C=O) groups is 1. The van der Waals surface area contributed by atoms with Gasteiger partial charge >= 0.3 is 0 Å². The normalized spacial score (nSPS) is 12.9. The van der Waals surface area contributed by atoms with Crippen LogP contribution in [0.5, 0.6) is 0 Å². The maximum absolute atomic E-state index is 11.9. The molecule has 0 fully saturated rings. The third kappa shape index (κ3) is 2.19. The van der Waals surface area contributed by atoms with E-state index in [9.17, 15) is 4.79 Å². The van der Waals surface area contributed by atoms with Gasteiger partial charge in [0.2, 0.25) is 5.91 Å². The van der Waals surface area contributed by atoms with Crippen LogP contribution in [0.25, 0.3) is 11.1 Å². The number of hydrogen-bond donors (Lipinski definition) is 1. The Morgan fingerprint density at radius 1 is 1.00 bits per heavy atom. The van der Waals surface area contributed by atoms with Crippen LogP contribution < -0.4 is 5.32 Å². The maximum Gasteiger partial charge on any atom is 0.221 e. The Kier molecular flexibility index (Phi) is 3.38. The molecule has 3 rings (SSSR count). The van der Waals surface area contributed by atoms with Gasteiger partial charge in [-0.15, -0.1) is 0 Å². The van der Waals surface area contributed by atoms with Gasteiger partial charge in [-0.1, -0.05) is 64.5 Å². The number of amides is 1. The second-order valence-electron chi connectivity index (χ2n) is 4.61. The van der Waals surface area contributed by atoms with Gasteiger partial charge in [0.05, 0.1) is 6.04 Å². The van der Waals surface area contributed by atoms with Gasteiger partial charge in [0, 0.05) is 11.8 Å². The smallest absolute Gasteiger partial charge is 0.221 e. The van der Waals surface area contributed by atoms with Crippen LogP contribution >= 0.6 is 15.9 Å². The molecule has 0 unspecified atom stereocenters. The molecule has 0 heterocycles. The standard InChI is InChI=1S/C16H14BrNO/c17-10-9-15(19)18-16-13-7-3-1-5-11(13)12-6-2-4-8-14(12)16/h1-8,16H,9-10H2,(H,18,19). The Morgan fingerprint density at radius 3 is 2.05 bits per heavy atom. The number of nitrogens with one attached hydrogen (secondary N) is 1. The number of alkyl halides is 1. The number of carbonyl (C=O) groups excluding carboxylic acids is 1. The van der Waals surface area contributed by atoms with Crippen molar-refractivity contribution in [1.82, 2.24) is 5.32 Å². The van der Waals surface area contributed by atoms with Crippen LogP contribution in [0.2, 0.25) is 0 Å². The summed E-state index contributed by atoms with van der Waals surface area (Å²) in [7, 11) is 0. The summed E-state index contributed by atoms with van der Waals surface area (Å²) in [6, 6.07) is 16.5. The molecule has 0 aliphatic heterocycles. The van der Waals surface area contributed by atoms with Crippen molar-refractivity contribution >= 4 is 21.8 Å². The quantitative estimate of drug-likeness (QED) is 0.860. The predicted octanol–water partition coefficient (Wildman–Crippen LogP) is 3.66. The van der Waals surface area contributed by atoms with Crippen molar-refractivity contribution in [1.29, 1.82) is 0 Å². The minimum Gasteiger partial charge on any atom is -0.345 e. The largest absolute Gasteiger partial charge is 0.345 e. The lowest BCUT2D eigenvalue weighted by molar-refractivity contribution is -0.121. The number of hydrogen-bond acceptors (Lipinski definition) is 1. The van der Waals surface area contributed by atoms with E-state index in [0.717, 1.165) is 0 Å². The number of rotatable bonds is 3. The molecule has 1 amide bonds. The first-order valence-corrected chi connectivity index (χ1v) is 7.47. The van der Waals surface area contributed by atoms with Crippen molar-refractivity contribution in [2.45, 2.75) is 12.5 Å². The Hall–Kier alpha value is -1.61. The molecule has 2 aromatic carbocycles. The second-order valence-corrected chi connectivity index (χ2v) is 5.41. The van der Waals surface area contributed by atoms with E-state index in [-0.39, 0.29) is 11.9 Å². The van der Waals surface area contributed by atoms with Gasteiger partial charge in [0.15, 0.2) is 0 Å². The van der Waals surface area contributed by atoms with Gasteiger partial charge in [-0.25, -0.2) is 0 Å². The number of fused-ring (bicyclic) bond motifs is 3. The number of halogens is 1. The van der Waals surface area contributed by atoms with Gasteiger partial charge in [-0.3, -0.25) is 4.79 Å². The van der Waals surface area contributed by atoms with E-state index in [2.05, 4.69) is 45.5 Å². The Morgan fingerprint density at radius 2 is 1.53 bits per heavy atom. The molecule has 2 aromatic rings. The minimum atomic E-state index is -0.0149. The van der Waals surface area contributed by atoms with Crippen LogP contribution in [0, 0.1) is 0 Å². The molecule has 1 aliphatic carbocycles. The molecule has 0 atom stereocenters. The van der Waals surface area contributed by atoms with Crippen molar-refractivity contribution in [2.75, 3.05) is 5.33 Å². The highest BCUT2D eigenvalue weighted by Gasteiger charge is 2.28. The van der Waals surface area contributed by atoms with Crippen molar-refractivity contribution in [3.63, 3.8) is 0 Å². The monoisotopic (exact) mass is 315 g/mol. The van der Waals surface area contributed by atoms with Crippen molar-refractivity contribution in [3.8, 4) is 11.1 Å². The molecule has 3 heteroatoms. The van der Waals surface area contributed by atoms with E-state index in [1.165, 1.54) is 22.3 Å². The maximum atomic E-state index is 11.9. The van der Waals surface area contributed by atoms with Gasteiger partial charge < -0.3 is 5.32 Å². The summed E-state index contributed by atoms with van der Waals surface area (Å²) in [6.45, 7) is 0. The highest BCUT2D eigenvalue weighted by atomic mass is 79.9. The highest BCUT2D eigenvalue weighted by molar-refractivity contribution is 9.09. The number of benzene rings is 2. The van der Waals surface area contributed by atoms with Crippen LogP contribution in [0.1, 0.15) is 23.6 Å². The van der Waals surface area contributed by atoms with Crippen molar-refractivity contribution < 1.29 is 4.79 Å². The third-order valence-corrected chi connectivity index (χ3v) is 3.86. The van der Waals surface area contributed by atoms with Crippen molar-refractivity contribution in [3.05, 3.63) is 59.7 Å². The fourth-order valence-electron chi connectivity index (χ4n) is 2.63. The Balaban J connectivity index is 2.02. The van der Waals surface area contributed by atoms with E-state index in [1.54, 1.807) is 0 Å². The van der Waals surface area contributed by atoms with E-state index in [0.29, 0.717) is 11.8 Å². The summed E-state index contributed by atoms with van der Waals surface area (Å²) < 4.78 is 0. The molecule has 0 radical (unpaired) electrons. The first-order valence-electron chi connectivity index (χ1n) is 6.35. The van der Waals surface area contributed by atoms with Gasteiger partial charge in [0.25, 0.3) is 0 Å². The van der Waals surface area contributed by atoms with Crippen LogP contribution in [0.3, 0.4) is 0 Å². The second kappa shape index (κ2) is 5.17. The fraction of sp³-hybridized carbons (Fsp3) is 0.188. The molecular weight excluding hydrogens is 302 g/mol. The summed E-state index contributed by atoms with van der Waals surface area (Å²) in [5.74, 6) is 0.0772. The summed E-state index contributed by atoms with van der Waals surface area (Å²) >= 11 is 3.30. The SMILES string of the molecule is O=C(CCBr)NC1c2ccccc2-c2ccccc21. The van der Waals surface area contributed by atoms with E-state index in [4.69, 9.17) is 0 Å². The molecule has 2 nitrogen and oxygen atoms in total. The van der Waals surface area contributed by atoms with Gasteiger partial charge in [0.1, 0.15) is 0 Å². The molecule has 19 heavy (non-hydrogen) atoms. The van der Waals surface area contributed by atoms with E-state index in [1.807, 2.05) is 24.3 Å². The molecule has 1 N–H and O–H groups in total. The van der Waals surface area contributed by atoms with Gasteiger partial charge in [-0.05, 0) is 22.3 Å². The zero-order chi connectivity index (χ0) is 13.2. The molecular formula is C16H14BrNO. The minimum absolute atomic E-state index is 0.0149. The van der Waals surface area contributed by atoms with E-state index < -0.39 is 0 Å². The summed E-state index contributed by atoms with van der Waals surface area (Å²) in [5.41, 5.74) is 4.82. The zero-order valence-electron chi connectivity index (χ0n) is 10.4. The molecule has 1 aliphatic rings. The topological polar surface area (TPSA) is 29.1 Å². The Bertz CT molecular complexity index is 578. The van der Waals surface area contributed by atoms with Gasteiger partial charge in [-0.2, -0.15) is 0 Å². The van der Waals surface area contributed by atoms with E-state index >= 15 is 0 Å². The summed E-state index contributed by atoms with van der Waals surface area (Å²) in [6.07, 6.45) is 0.501. The molecule has 0 saturated carbocycles. The van der Waals surface area contributed by atoms with Crippen LogP contribution in [-0.2, 0) is 4.79 Å². The molecule has 0 saturated heterocycles. The van der Waals surface area contributed by atoms with Crippen LogP contribution in [-0.4, -0.2) is 11.2 Å². The zero-order valence-corrected chi connectivity index (χ0v) is 12.0. The van der Waals surface area contributed by atoms with Crippen molar-refractivity contribution in [2.24, 2.45) is 0 Å². The predicted molar refractivity (Wildman–Crippen MR) is 80.3 cm³/mol. The lowest BCUT2D eigenvalue weighted by atomic mass is 10.1. The first kappa shape index (κ1) is 12.4. The third-order valence-electron chi connectivity index (χ3n) is 3.46. The molecule has 96 valence electrons. The van der Waals surface area contributed by atoms with Crippen LogP contribution in [0.15, 0.2) is 48.5 Å². The average Bonchev–Trinajstić information content (AvgIpc) is 2.75. The Labute approximate surface area is 121 Å². The average molecular weight is 316 g/mol. The highest BCUT2D eigenvalue weighted by Crippen LogP contribution is 2.42. The van der Waals surface area contributed by atoms with Crippen LogP contribution in [0.4, 0.5) is 0 Å². The fourth-order valence-corrected chi connectivity index (χ4v) is 2.99. The molecule has 0 spiro atoms. The summed E-state index contributed by atoms with van der Waals surface area (Å²) in [5, 5.41) is 3.81. The molecule has 0 bridgehead atoms. The lowest BCUT2D eigenvalue weighted by Crippen LogP contribution is -2.28. The lowest BCUT2D eigenvalue weighted by Gasteiger charge is -2.15. The summed E-state index contributed by atoms with van der Waals surface area (Å²) in [4.78, 5) is 11.9. The first-order chi connectivity index (χ1) is 9.31.